The zero-order valence-electron chi connectivity index (χ0n) is 41.1. The number of carbonyl (C=O) groups is 5. The smallest absolute Gasteiger partial charge is 0.375 e. The molecule has 11 unspecified atom stereocenters. The minimum Gasteiger partial charge on any atom is -0.499 e. The average Bonchev–Trinajstić information content (AvgIpc) is 4.10. The van der Waals surface area contributed by atoms with Gasteiger partial charge in [-0.25, -0.2) is 22.4 Å². The van der Waals surface area contributed by atoms with Crippen LogP contribution in [0, 0.1) is 63.1 Å². The number of alkyl halides is 4. The standard InChI is InChI=1S/C54H60F4O12S2/c1-8-42(62)69-54(26(3)17-30-32-19-37(56)35-21-38(60)29(28-12-15-67-43(28)63)22-48(35,5)51(32,57)40(61)23-49(30,54)6)46(72)68-41-24-50(7)31(16-25(2)53(50,45(65)71)70-44(64)39-10-9-14-66-39)33-20-36(55)34-18-27(59)11-13-47(34,4)52(33,41)58/h9-11,13-14,18,21-22,25-26,28,30-33,36-37,40-41,61H,8,12,15-17,19-20,23-24H2,1-7H3,(H,65,71)/t25?,26?,28-,30?,31-,32?,33-,36?,37?,40?,41?,47-,48-,49-,50-,51+,52?,53?,54?/m0/s1. The fourth-order valence-electron chi connectivity index (χ4n) is 16.8. The van der Waals surface area contributed by atoms with Gasteiger partial charge in [-0.1, -0.05) is 46.8 Å². The number of hydrogen-bond acceptors (Lipinski definition) is 13. The highest BCUT2D eigenvalue weighted by molar-refractivity contribution is 7.80. The van der Waals surface area contributed by atoms with Crippen molar-refractivity contribution in [2.45, 2.75) is 147 Å². The van der Waals surface area contributed by atoms with Crippen LogP contribution in [-0.2, 0) is 38.1 Å². The Morgan fingerprint density at radius 1 is 0.833 bits per heavy atom. The molecule has 1 aliphatic heterocycles. The third-order valence-corrected chi connectivity index (χ3v) is 20.9. The molecule has 9 aliphatic rings. The van der Waals surface area contributed by atoms with Crippen LogP contribution in [-0.4, -0.2) is 103 Å². The van der Waals surface area contributed by atoms with Crippen molar-refractivity contribution >= 4 is 64.0 Å². The Bertz CT molecular complexity index is 2720. The van der Waals surface area contributed by atoms with Crippen LogP contribution in [0.15, 0.2) is 69.9 Å². The number of cyclic esters (lactones) is 1. The molecule has 7 fully saturated rings. The summed E-state index contributed by atoms with van der Waals surface area (Å²) in [5.41, 5.74) is -16.5. The minimum absolute atomic E-state index is 0.0411. The number of aliphatic hydroxyl groups is 2. The van der Waals surface area contributed by atoms with Crippen molar-refractivity contribution < 1.29 is 75.1 Å². The molecule has 0 amide bonds. The molecule has 388 valence electrons. The summed E-state index contributed by atoms with van der Waals surface area (Å²) in [6.07, 6.45) is -1.86. The maximum absolute atomic E-state index is 19.9. The third-order valence-electron chi connectivity index (χ3n) is 20.2. The Morgan fingerprint density at radius 3 is 2.03 bits per heavy atom. The van der Waals surface area contributed by atoms with Gasteiger partial charge >= 0.3 is 17.9 Å². The van der Waals surface area contributed by atoms with Crippen LogP contribution in [0.4, 0.5) is 17.6 Å². The Hall–Kier alpha value is -4.55. The van der Waals surface area contributed by atoms with Gasteiger partial charge in [-0.05, 0) is 137 Å². The van der Waals surface area contributed by atoms with Gasteiger partial charge in [0.15, 0.2) is 34.1 Å². The van der Waals surface area contributed by atoms with E-state index < -0.39 is 175 Å². The van der Waals surface area contributed by atoms with Gasteiger partial charge < -0.3 is 33.6 Å². The lowest BCUT2D eigenvalue weighted by molar-refractivity contribution is -0.230. The lowest BCUT2D eigenvalue weighted by Crippen LogP contribution is -2.73. The van der Waals surface area contributed by atoms with Gasteiger partial charge in [0.05, 0.1) is 24.9 Å². The minimum atomic E-state index is -2.65. The first kappa shape index (κ1) is 51.0. The molecule has 12 nitrogen and oxygen atoms in total. The largest absolute Gasteiger partial charge is 0.499 e. The van der Waals surface area contributed by atoms with E-state index in [2.05, 4.69) is 0 Å². The number of furan rings is 1. The fourth-order valence-corrected chi connectivity index (χ4v) is 17.9. The summed E-state index contributed by atoms with van der Waals surface area (Å²) in [7, 11) is 0. The van der Waals surface area contributed by atoms with Gasteiger partial charge in [-0.2, -0.15) is 0 Å². The Balaban J connectivity index is 1.10. The van der Waals surface area contributed by atoms with E-state index in [-0.39, 0.29) is 54.8 Å². The molecule has 0 bridgehead atoms. The summed E-state index contributed by atoms with van der Waals surface area (Å²) < 4.78 is 103. The van der Waals surface area contributed by atoms with Crippen molar-refractivity contribution in [2.24, 2.45) is 63.1 Å². The van der Waals surface area contributed by atoms with Crippen molar-refractivity contribution in [3.8, 4) is 0 Å². The Kier molecular flexibility index (Phi) is 11.7. The fraction of sp³-hybridized carbons (Fsp3) is 0.648. The topological polar surface area (TPSA) is 176 Å². The normalized spacial score (nSPS) is 47.8. The first-order chi connectivity index (χ1) is 33.7. The van der Waals surface area contributed by atoms with E-state index in [1.54, 1.807) is 34.6 Å². The summed E-state index contributed by atoms with van der Waals surface area (Å²) in [6.45, 7) is 11.2. The van der Waals surface area contributed by atoms with Crippen LogP contribution >= 0.6 is 24.4 Å². The summed E-state index contributed by atoms with van der Waals surface area (Å²) in [5, 5.41) is 23.1. The number of thiocarbonyl (C=S) groups is 2. The van der Waals surface area contributed by atoms with Crippen LogP contribution in [0.2, 0.25) is 0 Å². The van der Waals surface area contributed by atoms with E-state index in [9.17, 15) is 34.2 Å². The predicted molar refractivity (Wildman–Crippen MR) is 257 cm³/mol. The first-order valence-electron chi connectivity index (χ1n) is 25.1. The molecular formula is C54H60F4O12S2. The van der Waals surface area contributed by atoms with E-state index in [0.29, 0.717) is 0 Å². The van der Waals surface area contributed by atoms with Crippen LogP contribution < -0.4 is 0 Å². The van der Waals surface area contributed by atoms with Gasteiger partial charge in [0.25, 0.3) is 0 Å². The number of ether oxygens (including phenoxy) is 4. The summed E-state index contributed by atoms with van der Waals surface area (Å²) in [4.78, 5) is 67.2. The second-order valence-electron chi connectivity index (χ2n) is 23.1. The number of halogens is 4. The van der Waals surface area contributed by atoms with E-state index >= 15 is 17.6 Å². The van der Waals surface area contributed by atoms with Gasteiger partial charge in [-0.15, -0.1) is 0 Å². The third kappa shape index (κ3) is 6.20. The number of ketones is 2. The Morgan fingerprint density at radius 2 is 1.44 bits per heavy atom. The quantitative estimate of drug-likeness (QED) is 0.109. The molecule has 19 atom stereocenters. The number of rotatable bonds is 8. The van der Waals surface area contributed by atoms with E-state index in [4.69, 9.17) is 47.8 Å². The van der Waals surface area contributed by atoms with Crippen molar-refractivity contribution in [3.05, 3.63) is 71.3 Å². The molecule has 72 heavy (non-hydrogen) atoms. The number of esters is 3. The van der Waals surface area contributed by atoms with E-state index in [1.165, 1.54) is 50.5 Å². The number of aliphatic hydroxyl groups excluding tert-OH is 2. The lowest BCUT2D eigenvalue weighted by Gasteiger charge is -2.64. The predicted octanol–water partition coefficient (Wildman–Crippen LogP) is 9.17. The first-order valence-corrected chi connectivity index (χ1v) is 25.9. The highest BCUT2D eigenvalue weighted by atomic mass is 32.1. The van der Waals surface area contributed by atoms with Gasteiger partial charge in [0.2, 0.25) is 15.9 Å². The number of hydrogen-bond donors (Lipinski definition) is 2. The molecule has 8 aliphatic carbocycles. The van der Waals surface area contributed by atoms with Crippen molar-refractivity contribution in [3.63, 3.8) is 0 Å². The van der Waals surface area contributed by atoms with E-state index in [0.717, 1.165) is 12.2 Å². The van der Waals surface area contributed by atoms with Crippen molar-refractivity contribution in [1.29, 1.82) is 0 Å². The zero-order chi connectivity index (χ0) is 52.3. The van der Waals surface area contributed by atoms with Crippen LogP contribution in [0.1, 0.15) is 110 Å². The van der Waals surface area contributed by atoms with E-state index in [1.807, 2.05) is 0 Å². The molecule has 18 heteroatoms. The summed E-state index contributed by atoms with van der Waals surface area (Å²) in [5.74, 6) is -10.8. The zero-order valence-corrected chi connectivity index (χ0v) is 42.8. The Labute approximate surface area is 425 Å². The van der Waals surface area contributed by atoms with Crippen LogP contribution in [0.3, 0.4) is 0 Å². The van der Waals surface area contributed by atoms with Crippen molar-refractivity contribution in [1.82, 2.24) is 0 Å². The SMILES string of the molecule is CCC(=O)OC1(C(=S)OC2C[C@@]3(C)[C@@H](CC(C)C3(OC(=O)c3ccco3)C(O)=S)[C@@H]3CC(F)C4=CC(=O)C=C[C@]4(C)C23F)C(C)CC2C3CC(F)C4=CC(=O)C([C@@H]5CCOC5=O)=C[C@]4(C)[C@]3(F)C(O)C[C@@]21C. The molecule has 2 N–H and O–H groups in total. The van der Waals surface area contributed by atoms with Crippen molar-refractivity contribution in [2.75, 3.05) is 6.61 Å². The molecule has 0 spiro atoms. The molecule has 1 aromatic rings. The highest BCUT2D eigenvalue weighted by Gasteiger charge is 2.81. The molecule has 0 radical (unpaired) electrons. The number of carbonyl (C=O) groups excluding carboxylic acids is 5. The molecule has 1 saturated heterocycles. The van der Waals surface area contributed by atoms with Gasteiger partial charge in [0.1, 0.15) is 18.4 Å². The highest BCUT2D eigenvalue weighted by Crippen LogP contribution is 2.75. The molecule has 6 saturated carbocycles. The number of fused-ring (bicyclic) bond motifs is 10. The monoisotopic (exact) mass is 1040 g/mol. The second-order valence-corrected chi connectivity index (χ2v) is 23.8. The summed E-state index contributed by atoms with van der Waals surface area (Å²) >= 11 is 12.0. The molecule has 10 rings (SSSR count). The average molecular weight is 1040 g/mol. The van der Waals surface area contributed by atoms with Crippen LogP contribution in [0.25, 0.3) is 0 Å². The lowest BCUT2D eigenvalue weighted by atomic mass is 9.44. The van der Waals surface area contributed by atoms with Crippen LogP contribution in [0.5, 0.6) is 0 Å². The maximum atomic E-state index is 19.9. The molecule has 0 aromatic carbocycles. The molecule has 1 aromatic heterocycles. The second kappa shape index (κ2) is 16.5. The summed E-state index contributed by atoms with van der Waals surface area (Å²) in [6, 6.07) is 2.84. The van der Waals surface area contributed by atoms with Gasteiger partial charge in [-0.3, -0.25) is 19.2 Å². The maximum Gasteiger partial charge on any atom is 0.375 e. The molecule has 2 heterocycles. The number of allylic oxidation sites excluding steroid dienone is 7. The van der Waals surface area contributed by atoms with Gasteiger partial charge in [0, 0.05) is 57.3 Å². The molecular weight excluding hydrogens is 981 g/mol.